The van der Waals surface area contributed by atoms with Crippen LogP contribution in [0.1, 0.15) is 41.5 Å². The molecule has 0 unspecified atom stereocenters. The van der Waals surface area contributed by atoms with Crippen LogP contribution in [0.2, 0.25) is 18.1 Å². The summed E-state index contributed by atoms with van der Waals surface area (Å²) >= 11 is 0. The van der Waals surface area contributed by atoms with E-state index in [2.05, 4.69) is 0 Å². The Morgan fingerprint density at radius 1 is 0.840 bits per heavy atom. The monoisotopic (exact) mass is 376 g/mol. The van der Waals surface area contributed by atoms with E-state index in [1.54, 1.807) is 13.8 Å². The van der Waals surface area contributed by atoms with E-state index in [9.17, 15) is 14.4 Å². The van der Waals surface area contributed by atoms with E-state index >= 15 is 0 Å². The molecule has 146 valence electrons. The summed E-state index contributed by atoms with van der Waals surface area (Å²) in [7, 11) is -2.26. The van der Waals surface area contributed by atoms with Crippen molar-refractivity contribution in [1.29, 1.82) is 0 Å². The van der Waals surface area contributed by atoms with E-state index in [0.29, 0.717) is 0 Å². The van der Waals surface area contributed by atoms with Gasteiger partial charge in [0.1, 0.15) is 6.61 Å². The molecule has 0 aliphatic rings. The summed E-state index contributed by atoms with van der Waals surface area (Å²) in [6.45, 7) is 14.0. The molecule has 0 N–H and O–H groups in total. The molecular weight excluding hydrogens is 344 g/mol. The molecule has 0 saturated carbocycles. The minimum absolute atomic E-state index is 0.0835. The van der Waals surface area contributed by atoms with Gasteiger partial charge in [-0.25, -0.2) is 0 Å². The Hall–Kier alpha value is -1.41. The number of esters is 3. The summed E-state index contributed by atoms with van der Waals surface area (Å²) in [4.78, 5) is 36.4. The average Bonchev–Trinajstić information content (AvgIpc) is 2.46. The van der Waals surface area contributed by atoms with Gasteiger partial charge < -0.3 is 18.6 Å². The smallest absolute Gasteiger partial charge is 0.329 e. The van der Waals surface area contributed by atoms with E-state index < -0.39 is 38.2 Å². The number of ether oxygens (including phenoxy) is 3. The highest BCUT2D eigenvalue weighted by atomic mass is 28.4. The van der Waals surface area contributed by atoms with Gasteiger partial charge in [0, 0.05) is 6.92 Å². The van der Waals surface area contributed by atoms with Gasteiger partial charge in [-0.3, -0.25) is 14.4 Å². The molecule has 0 atom stereocenters. The second kappa shape index (κ2) is 9.33. The molecule has 0 heterocycles. The molecule has 0 amide bonds. The molecule has 0 saturated heterocycles. The Morgan fingerprint density at radius 2 is 1.28 bits per heavy atom. The first-order chi connectivity index (χ1) is 11.3. The molecule has 0 radical (unpaired) electrons. The average molecular weight is 377 g/mol. The molecule has 0 aromatic heterocycles. The van der Waals surface area contributed by atoms with Crippen LogP contribution in [0.15, 0.2) is 0 Å². The van der Waals surface area contributed by atoms with Gasteiger partial charge in [0.2, 0.25) is 5.41 Å². The zero-order valence-electron chi connectivity index (χ0n) is 16.7. The Labute approximate surface area is 151 Å². The molecule has 8 heteroatoms. The van der Waals surface area contributed by atoms with Crippen molar-refractivity contribution in [2.45, 2.75) is 59.7 Å². The molecule has 0 aromatic carbocycles. The van der Waals surface area contributed by atoms with Crippen molar-refractivity contribution in [3.05, 3.63) is 0 Å². The first-order valence-corrected chi connectivity index (χ1v) is 11.4. The summed E-state index contributed by atoms with van der Waals surface area (Å²) in [6, 6.07) is 0. The molecule has 25 heavy (non-hydrogen) atoms. The largest absolute Gasteiger partial charge is 0.465 e. The van der Waals surface area contributed by atoms with Crippen molar-refractivity contribution in [2.24, 2.45) is 5.41 Å². The number of rotatable bonds is 9. The van der Waals surface area contributed by atoms with Gasteiger partial charge in [-0.1, -0.05) is 20.8 Å². The number of hydrogen-bond acceptors (Lipinski definition) is 7. The van der Waals surface area contributed by atoms with Crippen molar-refractivity contribution in [1.82, 2.24) is 0 Å². The molecule has 0 aliphatic heterocycles. The maximum atomic E-state index is 12.6. The fraction of sp³-hybridized carbons (Fsp3) is 0.824. The van der Waals surface area contributed by atoms with E-state index in [1.165, 1.54) is 6.92 Å². The SMILES string of the molecule is CCOC(=O)C(COC(C)=O)(CO[Si](C)(C)C(C)(C)C)C(=O)OCC. The molecule has 7 nitrogen and oxygen atoms in total. The van der Waals surface area contributed by atoms with Gasteiger partial charge in [-0.05, 0) is 32.0 Å². The topological polar surface area (TPSA) is 88.1 Å². The van der Waals surface area contributed by atoms with Crippen LogP contribution in [0.25, 0.3) is 0 Å². The molecule has 0 aromatic rings. The van der Waals surface area contributed by atoms with Crippen LogP contribution in [-0.2, 0) is 33.0 Å². The zero-order chi connectivity index (χ0) is 19.9. The normalized spacial score (nSPS) is 12.5. The second-order valence-corrected chi connectivity index (χ2v) is 12.2. The zero-order valence-corrected chi connectivity index (χ0v) is 17.7. The highest BCUT2D eigenvalue weighted by molar-refractivity contribution is 6.74. The fourth-order valence-electron chi connectivity index (χ4n) is 1.64. The summed E-state index contributed by atoms with van der Waals surface area (Å²) in [5, 5.41) is -0.122. The molecule has 0 rings (SSSR count). The quantitative estimate of drug-likeness (QED) is 0.264. The van der Waals surface area contributed by atoms with Gasteiger partial charge in [-0.2, -0.15) is 0 Å². The Balaban J connectivity index is 5.76. The Bertz CT molecular complexity index is 462. The van der Waals surface area contributed by atoms with E-state index in [4.69, 9.17) is 18.6 Å². The van der Waals surface area contributed by atoms with Crippen LogP contribution >= 0.6 is 0 Å². The third-order valence-corrected chi connectivity index (χ3v) is 8.82. The minimum atomic E-state index is -2.26. The lowest BCUT2D eigenvalue weighted by Gasteiger charge is -2.39. The third-order valence-electron chi connectivity index (χ3n) is 4.34. The predicted molar refractivity (Wildman–Crippen MR) is 95.5 cm³/mol. The Kier molecular flexibility index (Phi) is 8.80. The van der Waals surface area contributed by atoms with Crippen LogP contribution in [0.3, 0.4) is 0 Å². The summed E-state index contributed by atoms with van der Waals surface area (Å²) in [5.74, 6) is -2.23. The predicted octanol–water partition coefficient (Wildman–Crippen LogP) is 2.68. The molecule has 0 bridgehead atoms. The van der Waals surface area contributed by atoms with E-state index in [-0.39, 0.29) is 24.9 Å². The highest BCUT2D eigenvalue weighted by Crippen LogP contribution is 2.38. The lowest BCUT2D eigenvalue weighted by atomic mass is 9.90. The van der Waals surface area contributed by atoms with Crippen molar-refractivity contribution in [2.75, 3.05) is 26.4 Å². The molecule has 0 fully saturated rings. The van der Waals surface area contributed by atoms with Gasteiger partial charge >= 0.3 is 17.9 Å². The maximum absolute atomic E-state index is 12.6. The second-order valence-electron chi connectivity index (χ2n) is 7.35. The lowest BCUT2D eigenvalue weighted by Crippen LogP contribution is -2.53. The van der Waals surface area contributed by atoms with Crippen molar-refractivity contribution < 1.29 is 33.0 Å². The van der Waals surface area contributed by atoms with Gasteiger partial charge in [0.25, 0.3) is 0 Å². The van der Waals surface area contributed by atoms with Gasteiger partial charge in [-0.15, -0.1) is 0 Å². The summed E-state index contributed by atoms with van der Waals surface area (Å²) in [6.07, 6.45) is 0. The van der Waals surface area contributed by atoms with Gasteiger partial charge in [0.05, 0.1) is 19.8 Å². The summed E-state index contributed by atoms with van der Waals surface area (Å²) in [5.41, 5.74) is -1.83. The van der Waals surface area contributed by atoms with Crippen molar-refractivity contribution in [3.8, 4) is 0 Å². The van der Waals surface area contributed by atoms with Crippen LogP contribution in [0.4, 0.5) is 0 Å². The number of carbonyl (C=O) groups excluding carboxylic acids is 3. The standard InChI is InChI=1S/C17H32O7Si/c1-9-21-14(19)17(11-23-13(3)18,15(20)22-10-2)12-24-25(7,8)16(4,5)6/h9-12H2,1-8H3. The third kappa shape index (κ3) is 6.43. The first kappa shape index (κ1) is 23.6. The van der Waals surface area contributed by atoms with Crippen LogP contribution < -0.4 is 0 Å². The van der Waals surface area contributed by atoms with Crippen LogP contribution in [0, 0.1) is 5.41 Å². The first-order valence-electron chi connectivity index (χ1n) is 8.45. The fourth-order valence-corrected chi connectivity index (χ4v) is 2.68. The molecule has 0 aliphatic carbocycles. The highest BCUT2D eigenvalue weighted by Gasteiger charge is 2.52. The van der Waals surface area contributed by atoms with E-state index in [0.717, 1.165) is 0 Å². The minimum Gasteiger partial charge on any atom is -0.465 e. The Morgan fingerprint density at radius 3 is 1.60 bits per heavy atom. The molecule has 0 spiro atoms. The summed E-state index contributed by atoms with van der Waals surface area (Å²) < 4.78 is 21.2. The number of hydrogen-bond donors (Lipinski definition) is 0. The van der Waals surface area contributed by atoms with E-state index in [1.807, 2.05) is 33.9 Å². The van der Waals surface area contributed by atoms with Crippen LogP contribution in [-0.4, -0.2) is 52.7 Å². The van der Waals surface area contributed by atoms with Crippen molar-refractivity contribution in [3.63, 3.8) is 0 Å². The van der Waals surface area contributed by atoms with Crippen molar-refractivity contribution >= 4 is 26.2 Å². The van der Waals surface area contributed by atoms with Crippen LogP contribution in [0.5, 0.6) is 0 Å². The number of carbonyl (C=O) groups is 3. The maximum Gasteiger partial charge on any atom is 0.329 e. The molecular formula is C17H32O7Si. The van der Waals surface area contributed by atoms with Gasteiger partial charge in [0.15, 0.2) is 8.32 Å². The lowest BCUT2D eigenvalue weighted by molar-refractivity contribution is -0.181.